The molecule has 1 aliphatic carbocycles. The summed E-state index contributed by atoms with van der Waals surface area (Å²) in [7, 11) is 0. The number of hydrogen-bond donors (Lipinski definition) is 3. The van der Waals surface area contributed by atoms with Gasteiger partial charge in [-0.1, -0.05) is 34.1 Å². The van der Waals surface area contributed by atoms with Crippen LogP contribution in [0.25, 0.3) is 0 Å². The Morgan fingerprint density at radius 1 is 1.38 bits per heavy atom. The second kappa shape index (κ2) is 5.69. The van der Waals surface area contributed by atoms with E-state index in [1.54, 1.807) is 0 Å². The number of carbonyl (C=O) groups is 1. The number of thiophene rings is 1. The summed E-state index contributed by atoms with van der Waals surface area (Å²) >= 11 is 4.90. The van der Waals surface area contributed by atoms with E-state index in [-0.39, 0.29) is 0 Å². The van der Waals surface area contributed by atoms with Crippen molar-refractivity contribution in [1.82, 2.24) is 0 Å². The van der Waals surface area contributed by atoms with Crippen LogP contribution in [0.15, 0.2) is 28.7 Å². The van der Waals surface area contributed by atoms with E-state index in [1.807, 2.05) is 18.2 Å². The van der Waals surface area contributed by atoms with Crippen molar-refractivity contribution >= 4 is 43.9 Å². The van der Waals surface area contributed by atoms with Gasteiger partial charge in [0, 0.05) is 16.6 Å². The highest BCUT2D eigenvalue weighted by molar-refractivity contribution is 9.10. The molecule has 110 valence electrons. The Bertz CT molecular complexity index is 694. The molecule has 2 aromatic rings. The van der Waals surface area contributed by atoms with Crippen molar-refractivity contribution in [2.45, 2.75) is 25.3 Å². The van der Waals surface area contributed by atoms with Crippen molar-refractivity contribution in [1.29, 1.82) is 0 Å². The van der Waals surface area contributed by atoms with Gasteiger partial charge in [0.05, 0.1) is 10.7 Å². The number of nitrogens with two attached hydrogens (primary N) is 2. The van der Waals surface area contributed by atoms with Crippen LogP contribution in [0.3, 0.4) is 0 Å². The van der Waals surface area contributed by atoms with E-state index in [4.69, 9.17) is 11.5 Å². The lowest BCUT2D eigenvalue weighted by Gasteiger charge is -2.09. The molecule has 5 N–H and O–H groups in total. The van der Waals surface area contributed by atoms with Gasteiger partial charge in [-0.15, -0.1) is 11.3 Å². The van der Waals surface area contributed by atoms with E-state index < -0.39 is 5.91 Å². The lowest BCUT2D eigenvalue weighted by Crippen LogP contribution is -2.11. The van der Waals surface area contributed by atoms with Gasteiger partial charge in [-0.05, 0) is 30.4 Å². The molecule has 4 nitrogen and oxygen atoms in total. The van der Waals surface area contributed by atoms with Gasteiger partial charge in [0.15, 0.2) is 0 Å². The zero-order valence-electron chi connectivity index (χ0n) is 11.4. The fourth-order valence-electron chi connectivity index (χ4n) is 2.37. The molecule has 0 saturated heterocycles. The van der Waals surface area contributed by atoms with Crippen molar-refractivity contribution in [3.63, 3.8) is 0 Å². The highest BCUT2D eigenvalue weighted by Gasteiger charge is 2.32. The molecule has 0 aliphatic heterocycles. The van der Waals surface area contributed by atoms with Crippen LogP contribution >= 0.6 is 27.3 Å². The highest BCUT2D eigenvalue weighted by Crippen LogP contribution is 2.50. The fraction of sp³-hybridized carbons (Fsp3) is 0.267. The SMILES string of the molecule is NC(=O)c1sc(NCc2ccccc2Br)c(C2CC2)c1N. The molecule has 1 heterocycles. The first-order valence-corrected chi connectivity index (χ1v) is 8.38. The van der Waals surface area contributed by atoms with Crippen LogP contribution < -0.4 is 16.8 Å². The number of halogens is 1. The van der Waals surface area contributed by atoms with Gasteiger partial charge < -0.3 is 16.8 Å². The van der Waals surface area contributed by atoms with Gasteiger partial charge in [0.2, 0.25) is 0 Å². The number of amides is 1. The fourth-order valence-corrected chi connectivity index (χ4v) is 3.85. The van der Waals surface area contributed by atoms with E-state index in [2.05, 4.69) is 27.3 Å². The minimum atomic E-state index is -0.451. The molecule has 1 aromatic carbocycles. The van der Waals surface area contributed by atoms with Crippen LogP contribution in [0.1, 0.15) is 39.6 Å². The second-order valence-electron chi connectivity index (χ2n) is 5.17. The minimum absolute atomic E-state index is 0.451. The molecule has 0 spiro atoms. The summed E-state index contributed by atoms with van der Waals surface area (Å²) < 4.78 is 1.06. The number of primary amides is 1. The maximum absolute atomic E-state index is 11.5. The van der Waals surface area contributed by atoms with Crippen LogP contribution in [-0.4, -0.2) is 5.91 Å². The number of carbonyl (C=O) groups excluding carboxylic acids is 1. The van der Waals surface area contributed by atoms with E-state index in [1.165, 1.54) is 11.3 Å². The molecule has 1 aromatic heterocycles. The summed E-state index contributed by atoms with van der Waals surface area (Å²) in [5.74, 6) is 0.0180. The van der Waals surface area contributed by atoms with Gasteiger partial charge >= 0.3 is 0 Å². The Kier molecular flexibility index (Phi) is 3.91. The highest BCUT2D eigenvalue weighted by atomic mass is 79.9. The van der Waals surface area contributed by atoms with Crippen molar-refractivity contribution < 1.29 is 4.79 Å². The van der Waals surface area contributed by atoms with Crippen molar-refractivity contribution in [3.05, 3.63) is 44.7 Å². The molecular weight excluding hydrogens is 350 g/mol. The third-order valence-corrected chi connectivity index (χ3v) is 5.56. The first kappa shape index (κ1) is 14.4. The molecule has 1 saturated carbocycles. The third-order valence-electron chi connectivity index (χ3n) is 3.59. The molecule has 21 heavy (non-hydrogen) atoms. The maximum Gasteiger partial charge on any atom is 0.260 e. The standard InChI is InChI=1S/C15H16BrN3OS/c16-10-4-2-1-3-9(10)7-19-15-11(8-5-6-8)12(17)13(21-15)14(18)20/h1-4,8,19H,5-7,17H2,(H2,18,20). The quantitative estimate of drug-likeness (QED) is 0.755. The summed E-state index contributed by atoms with van der Waals surface area (Å²) in [6, 6.07) is 8.05. The summed E-state index contributed by atoms with van der Waals surface area (Å²) in [6.07, 6.45) is 2.26. The Hall–Kier alpha value is -1.53. The molecule has 0 unspecified atom stereocenters. The normalized spacial score (nSPS) is 14.1. The maximum atomic E-state index is 11.5. The first-order valence-electron chi connectivity index (χ1n) is 6.77. The Morgan fingerprint density at radius 2 is 2.10 bits per heavy atom. The Labute approximate surface area is 135 Å². The molecular formula is C15H16BrN3OS. The number of nitrogens with one attached hydrogen (secondary N) is 1. The van der Waals surface area contributed by atoms with Crippen LogP contribution in [0.2, 0.25) is 0 Å². The predicted molar refractivity (Wildman–Crippen MR) is 90.7 cm³/mol. The second-order valence-corrected chi connectivity index (χ2v) is 7.05. The summed E-state index contributed by atoms with van der Waals surface area (Å²) in [5.41, 5.74) is 14.3. The largest absolute Gasteiger partial charge is 0.397 e. The molecule has 3 rings (SSSR count). The van der Waals surface area contributed by atoms with Gasteiger partial charge in [-0.2, -0.15) is 0 Å². The zero-order chi connectivity index (χ0) is 15.0. The lowest BCUT2D eigenvalue weighted by molar-refractivity contribution is 0.100. The average molecular weight is 366 g/mol. The van der Waals surface area contributed by atoms with Gasteiger partial charge in [0.25, 0.3) is 5.91 Å². The van der Waals surface area contributed by atoms with E-state index in [9.17, 15) is 4.79 Å². The smallest absolute Gasteiger partial charge is 0.260 e. The van der Waals surface area contributed by atoms with Gasteiger partial charge in [-0.3, -0.25) is 4.79 Å². The Balaban J connectivity index is 1.86. The molecule has 6 heteroatoms. The molecule has 0 bridgehead atoms. The van der Waals surface area contributed by atoms with E-state index >= 15 is 0 Å². The van der Waals surface area contributed by atoms with Crippen LogP contribution in [0.5, 0.6) is 0 Å². The van der Waals surface area contributed by atoms with Crippen molar-refractivity contribution in [2.75, 3.05) is 11.1 Å². The lowest BCUT2D eigenvalue weighted by atomic mass is 10.1. The minimum Gasteiger partial charge on any atom is -0.397 e. The van der Waals surface area contributed by atoms with Gasteiger partial charge in [-0.25, -0.2) is 0 Å². The first-order chi connectivity index (χ1) is 10.1. The molecule has 0 radical (unpaired) electrons. The predicted octanol–water partition coefficient (Wildman–Crippen LogP) is 3.68. The molecule has 0 atom stereocenters. The number of rotatable bonds is 5. The average Bonchev–Trinajstić information content (AvgIpc) is 3.22. The number of anilines is 2. The number of nitrogen functional groups attached to an aromatic ring is 1. The van der Waals surface area contributed by atoms with Crippen LogP contribution in [-0.2, 0) is 6.54 Å². The van der Waals surface area contributed by atoms with Crippen molar-refractivity contribution in [2.24, 2.45) is 5.73 Å². The summed E-state index contributed by atoms with van der Waals surface area (Å²) in [4.78, 5) is 11.9. The van der Waals surface area contributed by atoms with Crippen LogP contribution in [0.4, 0.5) is 10.7 Å². The molecule has 1 amide bonds. The van der Waals surface area contributed by atoms with Gasteiger partial charge in [0.1, 0.15) is 4.88 Å². The van der Waals surface area contributed by atoms with Crippen LogP contribution in [0, 0.1) is 0 Å². The molecule has 1 fully saturated rings. The van der Waals surface area contributed by atoms with Crippen molar-refractivity contribution in [3.8, 4) is 0 Å². The third kappa shape index (κ3) is 2.91. The van der Waals surface area contributed by atoms with E-state index in [0.717, 1.165) is 33.4 Å². The summed E-state index contributed by atoms with van der Waals surface area (Å²) in [6.45, 7) is 0.680. The van der Waals surface area contributed by atoms with E-state index in [0.29, 0.717) is 23.0 Å². The number of hydrogen-bond acceptors (Lipinski definition) is 4. The zero-order valence-corrected chi connectivity index (χ0v) is 13.8. The number of benzene rings is 1. The Morgan fingerprint density at radius 3 is 2.71 bits per heavy atom. The summed E-state index contributed by atoms with van der Waals surface area (Å²) in [5, 5.41) is 4.38. The topological polar surface area (TPSA) is 81.1 Å². The monoisotopic (exact) mass is 365 g/mol. The molecule has 1 aliphatic rings.